The number of phenols is 1. The second-order valence-corrected chi connectivity index (χ2v) is 5.68. The molecule has 0 aliphatic rings. The minimum atomic E-state index is 0.169. The van der Waals surface area contributed by atoms with E-state index in [0.717, 1.165) is 12.0 Å². The fraction of sp³-hybridized carbons (Fsp3) is 0.625. The molecule has 1 aromatic rings. The Kier molecular flexibility index (Phi) is 7.78. The maximum absolute atomic E-state index is 10.0. The van der Waals surface area contributed by atoms with Crippen molar-refractivity contribution >= 4 is 11.6 Å². The number of methoxy groups -OCH3 is 1. The molecule has 1 rings (SSSR count). The smallest absolute Gasteiger partial charge is 0.162 e. The number of hydrogen-bond acceptors (Lipinski definition) is 3. The van der Waals surface area contributed by atoms with Crippen molar-refractivity contribution in [3.63, 3.8) is 0 Å². The first-order chi connectivity index (χ1) is 9.58. The molecule has 1 atom stereocenters. The van der Waals surface area contributed by atoms with Crippen LogP contribution in [0.3, 0.4) is 0 Å². The van der Waals surface area contributed by atoms with Crippen LogP contribution >= 0.6 is 11.6 Å². The predicted octanol–water partition coefficient (Wildman–Crippen LogP) is 4.50. The maximum atomic E-state index is 10.0. The number of aromatic hydroxyl groups is 1. The third-order valence-corrected chi connectivity index (χ3v) is 3.69. The Bertz CT molecular complexity index is 410. The van der Waals surface area contributed by atoms with Gasteiger partial charge in [-0.3, -0.25) is 0 Å². The molecule has 4 heteroatoms. The molecule has 2 N–H and O–H groups in total. The highest BCUT2D eigenvalue weighted by Gasteiger charge is 2.11. The summed E-state index contributed by atoms with van der Waals surface area (Å²) in [6.45, 7) is 4.99. The number of hydrogen-bond donors (Lipinski definition) is 2. The molecule has 0 heterocycles. The number of nitrogens with one attached hydrogen (secondary N) is 1. The van der Waals surface area contributed by atoms with Gasteiger partial charge in [0.15, 0.2) is 11.5 Å². The van der Waals surface area contributed by atoms with Gasteiger partial charge in [-0.15, -0.1) is 0 Å². The van der Waals surface area contributed by atoms with Crippen molar-refractivity contribution < 1.29 is 9.84 Å². The predicted molar refractivity (Wildman–Crippen MR) is 84.7 cm³/mol. The zero-order chi connectivity index (χ0) is 15.0. The molecule has 1 aromatic carbocycles. The molecule has 0 spiro atoms. The number of unbranched alkanes of at least 4 members (excludes halogenated alkanes) is 3. The van der Waals surface area contributed by atoms with E-state index in [9.17, 15) is 5.11 Å². The first kappa shape index (κ1) is 17.1. The van der Waals surface area contributed by atoms with Gasteiger partial charge in [-0.25, -0.2) is 0 Å². The summed E-state index contributed by atoms with van der Waals surface area (Å²) in [5, 5.41) is 14.0. The van der Waals surface area contributed by atoms with Crippen LogP contribution in [0.2, 0.25) is 5.02 Å². The Morgan fingerprint density at radius 1 is 1.30 bits per heavy atom. The fourth-order valence-corrected chi connectivity index (χ4v) is 2.41. The Hall–Kier alpha value is -0.930. The van der Waals surface area contributed by atoms with E-state index in [1.807, 2.05) is 0 Å². The molecule has 114 valence electrons. The van der Waals surface area contributed by atoms with E-state index in [4.69, 9.17) is 16.3 Å². The lowest BCUT2D eigenvalue weighted by atomic mass is 10.1. The third-order valence-electron chi connectivity index (χ3n) is 3.47. The van der Waals surface area contributed by atoms with Crippen LogP contribution in [0.1, 0.15) is 51.5 Å². The van der Waals surface area contributed by atoms with Gasteiger partial charge in [0, 0.05) is 29.2 Å². The van der Waals surface area contributed by atoms with E-state index in [-0.39, 0.29) is 5.75 Å². The van der Waals surface area contributed by atoms with E-state index >= 15 is 0 Å². The summed E-state index contributed by atoms with van der Waals surface area (Å²) < 4.78 is 5.10. The Labute approximate surface area is 127 Å². The van der Waals surface area contributed by atoms with Crippen LogP contribution in [0.25, 0.3) is 0 Å². The van der Waals surface area contributed by atoms with Crippen LogP contribution in [-0.2, 0) is 6.54 Å². The molecular formula is C16H26ClNO2. The zero-order valence-electron chi connectivity index (χ0n) is 12.7. The van der Waals surface area contributed by atoms with Gasteiger partial charge in [0.25, 0.3) is 0 Å². The lowest BCUT2D eigenvalue weighted by molar-refractivity contribution is 0.368. The van der Waals surface area contributed by atoms with Crippen molar-refractivity contribution in [1.29, 1.82) is 0 Å². The van der Waals surface area contributed by atoms with Crippen molar-refractivity contribution in [2.24, 2.45) is 0 Å². The number of halogens is 1. The third kappa shape index (κ3) is 5.59. The number of rotatable bonds is 9. The van der Waals surface area contributed by atoms with Crippen molar-refractivity contribution in [3.8, 4) is 11.5 Å². The van der Waals surface area contributed by atoms with E-state index in [2.05, 4.69) is 19.2 Å². The molecule has 0 radical (unpaired) electrons. The molecule has 0 saturated carbocycles. The van der Waals surface area contributed by atoms with Crippen molar-refractivity contribution in [2.45, 2.75) is 58.5 Å². The molecule has 0 fully saturated rings. The quantitative estimate of drug-likeness (QED) is 0.660. The van der Waals surface area contributed by atoms with Crippen molar-refractivity contribution in [2.75, 3.05) is 7.11 Å². The van der Waals surface area contributed by atoms with Gasteiger partial charge in [0.1, 0.15) is 0 Å². The van der Waals surface area contributed by atoms with Crippen LogP contribution in [0, 0.1) is 0 Å². The normalized spacial score (nSPS) is 12.4. The molecule has 1 unspecified atom stereocenters. The first-order valence-electron chi connectivity index (χ1n) is 7.37. The van der Waals surface area contributed by atoms with Gasteiger partial charge in [-0.2, -0.15) is 0 Å². The van der Waals surface area contributed by atoms with Crippen LogP contribution in [-0.4, -0.2) is 18.3 Å². The summed E-state index contributed by atoms with van der Waals surface area (Å²) in [5.74, 6) is 0.590. The summed E-state index contributed by atoms with van der Waals surface area (Å²) in [6, 6.07) is 3.82. The van der Waals surface area contributed by atoms with Crippen LogP contribution in [0.15, 0.2) is 12.1 Å². The summed E-state index contributed by atoms with van der Waals surface area (Å²) >= 11 is 6.02. The van der Waals surface area contributed by atoms with E-state index < -0.39 is 0 Å². The Balaban J connectivity index is 2.46. The second kappa shape index (κ2) is 9.09. The highest BCUT2D eigenvalue weighted by atomic mass is 35.5. The fourth-order valence-electron chi connectivity index (χ4n) is 2.18. The first-order valence-corrected chi connectivity index (χ1v) is 7.75. The van der Waals surface area contributed by atoms with E-state index in [1.165, 1.54) is 32.8 Å². The molecule has 0 aliphatic carbocycles. The highest BCUT2D eigenvalue weighted by molar-refractivity contribution is 6.30. The lowest BCUT2D eigenvalue weighted by Crippen LogP contribution is -2.25. The number of ether oxygens (including phenoxy) is 1. The van der Waals surface area contributed by atoms with Gasteiger partial charge in [0.05, 0.1) is 7.11 Å². The minimum Gasteiger partial charge on any atom is -0.504 e. The number of benzene rings is 1. The van der Waals surface area contributed by atoms with Gasteiger partial charge in [-0.1, -0.05) is 44.2 Å². The van der Waals surface area contributed by atoms with Crippen LogP contribution in [0.5, 0.6) is 11.5 Å². The topological polar surface area (TPSA) is 41.5 Å². The SMILES string of the molecule is CCCCCCC(C)NCc1cc(Cl)cc(OC)c1O. The van der Waals surface area contributed by atoms with Gasteiger partial charge >= 0.3 is 0 Å². The summed E-state index contributed by atoms with van der Waals surface area (Å²) in [4.78, 5) is 0. The maximum Gasteiger partial charge on any atom is 0.162 e. The molecule has 0 saturated heterocycles. The largest absolute Gasteiger partial charge is 0.504 e. The molecule has 3 nitrogen and oxygen atoms in total. The zero-order valence-corrected chi connectivity index (χ0v) is 13.5. The highest BCUT2D eigenvalue weighted by Crippen LogP contribution is 2.33. The Morgan fingerprint density at radius 3 is 2.70 bits per heavy atom. The summed E-state index contributed by atoms with van der Waals surface area (Å²) in [7, 11) is 1.53. The molecule has 0 aromatic heterocycles. The van der Waals surface area contributed by atoms with Gasteiger partial charge in [-0.05, 0) is 19.4 Å². The minimum absolute atomic E-state index is 0.169. The Morgan fingerprint density at radius 2 is 2.05 bits per heavy atom. The van der Waals surface area contributed by atoms with Crippen molar-refractivity contribution in [1.82, 2.24) is 5.32 Å². The van der Waals surface area contributed by atoms with Crippen LogP contribution < -0.4 is 10.1 Å². The van der Waals surface area contributed by atoms with Crippen molar-refractivity contribution in [3.05, 3.63) is 22.7 Å². The second-order valence-electron chi connectivity index (χ2n) is 5.25. The molecule has 0 bridgehead atoms. The van der Waals surface area contributed by atoms with Gasteiger partial charge in [0.2, 0.25) is 0 Å². The summed E-state index contributed by atoms with van der Waals surface area (Å²) in [6.07, 6.45) is 6.25. The number of phenolic OH excluding ortho intramolecular Hbond substituents is 1. The standard InChI is InChI=1S/C16H26ClNO2/c1-4-5-6-7-8-12(2)18-11-13-9-14(17)10-15(20-3)16(13)19/h9-10,12,18-19H,4-8,11H2,1-3H3. The lowest BCUT2D eigenvalue weighted by Gasteiger charge is -2.15. The van der Waals surface area contributed by atoms with E-state index in [1.54, 1.807) is 12.1 Å². The molecule has 0 amide bonds. The average Bonchev–Trinajstić information content (AvgIpc) is 2.44. The molecule has 0 aliphatic heterocycles. The van der Waals surface area contributed by atoms with Crippen LogP contribution in [0.4, 0.5) is 0 Å². The van der Waals surface area contributed by atoms with Gasteiger partial charge < -0.3 is 15.2 Å². The molecular weight excluding hydrogens is 274 g/mol. The summed E-state index contributed by atoms with van der Waals surface area (Å²) in [5.41, 5.74) is 0.773. The average molecular weight is 300 g/mol. The monoisotopic (exact) mass is 299 g/mol. The van der Waals surface area contributed by atoms with E-state index in [0.29, 0.717) is 23.4 Å². The molecule has 20 heavy (non-hydrogen) atoms.